The molecule has 0 aliphatic heterocycles. The summed E-state index contributed by atoms with van der Waals surface area (Å²) in [5.74, 6) is 3.52. The summed E-state index contributed by atoms with van der Waals surface area (Å²) in [6.07, 6.45) is 7.02. The van der Waals surface area contributed by atoms with Crippen molar-refractivity contribution in [3.8, 4) is 18.0 Å². The fraction of sp³-hybridized carbons (Fsp3) is 0.0667. The van der Waals surface area contributed by atoms with E-state index in [9.17, 15) is 0 Å². The van der Waals surface area contributed by atoms with E-state index in [0.29, 0.717) is 16.6 Å². The Labute approximate surface area is 126 Å². The second-order valence-corrected chi connectivity index (χ2v) is 4.88. The van der Waals surface area contributed by atoms with Gasteiger partial charge in [0.25, 0.3) is 0 Å². The maximum absolute atomic E-state index is 5.99. The molecule has 0 aliphatic rings. The van der Waals surface area contributed by atoms with Crippen LogP contribution in [0, 0.1) is 12.3 Å². The first-order valence-corrected chi connectivity index (χ1v) is 6.80. The third-order valence-electron chi connectivity index (χ3n) is 2.96. The Morgan fingerprint density at radius 3 is 2.75 bits per heavy atom. The van der Waals surface area contributed by atoms with Crippen LogP contribution in [0.2, 0.25) is 5.02 Å². The Hall–Kier alpha value is -2.02. The monoisotopic (exact) mass is 301 g/mol. The molecule has 0 aliphatic carbocycles. The molecular formula is C15H9Cl2N3. The number of hydrogen-bond acceptors (Lipinski definition) is 2. The van der Waals surface area contributed by atoms with E-state index in [1.807, 2.05) is 28.8 Å². The SMILES string of the molecule is C#Cc1ccc(-n2c(CCl)nc3cc(Cl)ccc32)cn1. The molecule has 0 bridgehead atoms. The predicted molar refractivity (Wildman–Crippen MR) is 81.4 cm³/mol. The number of aromatic nitrogens is 3. The Morgan fingerprint density at radius 1 is 1.25 bits per heavy atom. The summed E-state index contributed by atoms with van der Waals surface area (Å²) < 4.78 is 1.95. The molecule has 2 aromatic heterocycles. The molecule has 0 unspecified atom stereocenters. The van der Waals surface area contributed by atoms with Crippen LogP contribution >= 0.6 is 23.2 Å². The van der Waals surface area contributed by atoms with E-state index in [4.69, 9.17) is 29.6 Å². The molecule has 0 saturated carbocycles. The van der Waals surface area contributed by atoms with E-state index < -0.39 is 0 Å². The molecule has 0 saturated heterocycles. The van der Waals surface area contributed by atoms with Gasteiger partial charge in [-0.2, -0.15) is 0 Å². The topological polar surface area (TPSA) is 30.7 Å². The van der Waals surface area contributed by atoms with Crippen LogP contribution < -0.4 is 0 Å². The summed E-state index contributed by atoms with van der Waals surface area (Å²) in [5.41, 5.74) is 3.19. The molecule has 0 spiro atoms. The first-order valence-electron chi connectivity index (χ1n) is 5.89. The maximum Gasteiger partial charge on any atom is 0.129 e. The average Bonchev–Trinajstić information content (AvgIpc) is 2.84. The van der Waals surface area contributed by atoms with Gasteiger partial charge in [-0.1, -0.05) is 17.5 Å². The fourth-order valence-electron chi connectivity index (χ4n) is 2.08. The van der Waals surface area contributed by atoms with Gasteiger partial charge in [-0.15, -0.1) is 18.0 Å². The second kappa shape index (κ2) is 5.16. The van der Waals surface area contributed by atoms with Gasteiger partial charge in [0.05, 0.1) is 28.8 Å². The first-order chi connectivity index (χ1) is 9.72. The highest BCUT2D eigenvalue weighted by atomic mass is 35.5. The largest absolute Gasteiger partial charge is 0.294 e. The molecule has 2 heterocycles. The molecule has 1 aromatic carbocycles. The van der Waals surface area contributed by atoms with E-state index in [1.54, 1.807) is 12.3 Å². The summed E-state index contributed by atoms with van der Waals surface area (Å²) >= 11 is 12.0. The molecule has 5 heteroatoms. The molecule has 0 amide bonds. The molecular weight excluding hydrogens is 293 g/mol. The molecule has 98 valence electrons. The van der Waals surface area contributed by atoms with Gasteiger partial charge in [-0.05, 0) is 30.3 Å². The summed E-state index contributed by atoms with van der Waals surface area (Å²) in [6, 6.07) is 9.23. The lowest BCUT2D eigenvalue weighted by atomic mass is 10.3. The van der Waals surface area contributed by atoms with Crippen molar-refractivity contribution in [1.29, 1.82) is 0 Å². The number of halogens is 2. The standard InChI is InChI=1S/C15H9Cl2N3/c1-2-11-4-5-12(9-18-11)20-14-6-3-10(17)7-13(14)19-15(20)8-16/h1,3-7,9H,8H2. The zero-order valence-electron chi connectivity index (χ0n) is 10.3. The number of alkyl halides is 1. The summed E-state index contributed by atoms with van der Waals surface area (Å²) in [6.45, 7) is 0. The number of fused-ring (bicyclic) bond motifs is 1. The molecule has 0 N–H and O–H groups in total. The van der Waals surface area contributed by atoms with E-state index in [-0.39, 0.29) is 0 Å². The number of hydrogen-bond donors (Lipinski definition) is 0. The van der Waals surface area contributed by atoms with Crippen molar-refractivity contribution >= 4 is 34.2 Å². The number of terminal acetylenes is 1. The minimum Gasteiger partial charge on any atom is -0.294 e. The molecule has 3 nitrogen and oxygen atoms in total. The second-order valence-electron chi connectivity index (χ2n) is 4.18. The lowest BCUT2D eigenvalue weighted by Crippen LogP contribution is -2.00. The van der Waals surface area contributed by atoms with Crippen LogP contribution in [0.25, 0.3) is 16.7 Å². The van der Waals surface area contributed by atoms with Gasteiger partial charge >= 0.3 is 0 Å². The van der Waals surface area contributed by atoms with Crippen LogP contribution in [0.5, 0.6) is 0 Å². The molecule has 0 atom stereocenters. The summed E-state index contributed by atoms with van der Waals surface area (Å²) in [7, 11) is 0. The zero-order chi connectivity index (χ0) is 14.1. The van der Waals surface area contributed by atoms with Crippen LogP contribution in [0.4, 0.5) is 0 Å². The van der Waals surface area contributed by atoms with Gasteiger partial charge in [0.15, 0.2) is 0 Å². The third kappa shape index (κ3) is 2.14. The van der Waals surface area contributed by atoms with E-state index in [0.717, 1.165) is 22.5 Å². The van der Waals surface area contributed by atoms with E-state index in [1.165, 1.54) is 0 Å². The van der Waals surface area contributed by atoms with Crippen molar-refractivity contribution in [3.63, 3.8) is 0 Å². The maximum atomic E-state index is 5.99. The Kier molecular flexibility index (Phi) is 3.35. The lowest BCUT2D eigenvalue weighted by molar-refractivity contribution is 0.971. The minimum atomic E-state index is 0.295. The molecule has 3 rings (SSSR count). The van der Waals surface area contributed by atoms with Crippen molar-refractivity contribution in [2.45, 2.75) is 5.88 Å². The van der Waals surface area contributed by atoms with Crippen LogP contribution in [0.3, 0.4) is 0 Å². The lowest BCUT2D eigenvalue weighted by Gasteiger charge is -2.07. The van der Waals surface area contributed by atoms with Crippen LogP contribution in [0.15, 0.2) is 36.5 Å². The Balaban J connectivity index is 2.25. The quantitative estimate of drug-likeness (QED) is 0.532. The third-order valence-corrected chi connectivity index (χ3v) is 3.43. The smallest absolute Gasteiger partial charge is 0.129 e. The summed E-state index contributed by atoms with van der Waals surface area (Å²) in [4.78, 5) is 8.69. The predicted octanol–water partition coefficient (Wildman–Crippen LogP) is 3.79. The number of rotatable bonds is 2. The van der Waals surface area contributed by atoms with E-state index in [2.05, 4.69) is 15.9 Å². The minimum absolute atomic E-state index is 0.295. The van der Waals surface area contributed by atoms with Crippen LogP contribution in [-0.2, 0) is 5.88 Å². The fourth-order valence-corrected chi connectivity index (χ4v) is 2.43. The van der Waals surface area contributed by atoms with Crippen LogP contribution in [-0.4, -0.2) is 14.5 Å². The normalized spacial score (nSPS) is 10.7. The Bertz CT molecular complexity index is 813. The number of pyridine rings is 1. The molecule has 0 radical (unpaired) electrons. The van der Waals surface area contributed by atoms with Gasteiger partial charge in [-0.3, -0.25) is 4.57 Å². The van der Waals surface area contributed by atoms with Gasteiger partial charge < -0.3 is 0 Å². The number of benzene rings is 1. The number of nitrogens with zero attached hydrogens (tertiary/aromatic N) is 3. The average molecular weight is 302 g/mol. The Morgan fingerprint density at radius 2 is 2.10 bits per heavy atom. The number of imidazole rings is 1. The first kappa shape index (κ1) is 13.0. The highest BCUT2D eigenvalue weighted by Gasteiger charge is 2.12. The van der Waals surface area contributed by atoms with Gasteiger partial charge in [-0.25, -0.2) is 9.97 Å². The van der Waals surface area contributed by atoms with Crippen molar-refractivity contribution in [2.24, 2.45) is 0 Å². The van der Waals surface area contributed by atoms with Gasteiger partial charge in [0.2, 0.25) is 0 Å². The highest BCUT2D eigenvalue weighted by Crippen LogP contribution is 2.24. The van der Waals surface area contributed by atoms with Crippen molar-refractivity contribution in [2.75, 3.05) is 0 Å². The highest BCUT2D eigenvalue weighted by molar-refractivity contribution is 6.31. The summed E-state index contributed by atoms with van der Waals surface area (Å²) in [5, 5.41) is 0.643. The van der Waals surface area contributed by atoms with Crippen LogP contribution in [0.1, 0.15) is 11.5 Å². The molecule has 0 fully saturated rings. The zero-order valence-corrected chi connectivity index (χ0v) is 11.9. The van der Waals surface area contributed by atoms with E-state index >= 15 is 0 Å². The van der Waals surface area contributed by atoms with Crippen molar-refractivity contribution in [3.05, 3.63) is 53.1 Å². The van der Waals surface area contributed by atoms with Gasteiger partial charge in [0, 0.05) is 5.02 Å². The van der Waals surface area contributed by atoms with Crippen molar-refractivity contribution < 1.29 is 0 Å². The van der Waals surface area contributed by atoms with Gasteiger partial charge in [0.1, 0.15) is 11.5 Å². The molecule has 20 heavy (non-hydrogen) atoms. The molecule has 3 aromatic rings. The van der Waals surface area contributed by atoms with Crippen molar-refractivity contribution in [1.82, 2.24) is 14.5 Å².